The molecule has 1 aromatic carbocycles. The van der Waals surface area contributed by atoms with Crippen LogP contribution in [0.3, 0.4) is 0 Å². The molecule has 234 valence electrons. The molecule has 1 aliphatic carbocycles. The molecule has 1 aromatic heterocycles. The highest BCUT2D eigenvalue weighted by Crippen LogP contribution is 2.66. The highest BCUT2D eigenvalue weighted by molar-refractivity contribution is 8.15. The summed E-state index contributed by atoms with van der Waals surface area (Å²) in [4.78, 5) is 23.8. The van der Waals surface area contributed by atoms with Crippen molar-refractivity contribution in [1.29, 1.82) is 0 Å². The van der Waals surface area contributed by atoms with Crippen LogP contribution in [0.1, 0.15) is 50.9 Å². The van der Waals surface area contributed by atoms with Crippen molar-refractivity contribution in [3.63, 3.8) is 0 Å². The number of amidine groups is 1. The predicted molar refractivity (Wildman–Crippen MR) is 172 cm³/mol. The molecule has 1 saturated carbocycles. The second-order valence-corrected chi connectivity index (χ2v) is 20.9. The monoisotopic (exact) mass is 651 g/mol. The third kappa shape index (κ3) is 8.05. The molecule has 0 unspecified atom stereocenters. The first-order valence-electron chi connectivity index (χ1n) is 14.2. The number of amides is 1. The SMILES string of the molecule is CC(C)(C)OC(=O)N(COCC[Si](C)(C)C)C1=N[C@](C)(c2cc(/C=C(\F)c3ccc(Cl)cn3)ccc2F)[C@@H]2C[C@]2(CO)S1. The first-order chi connectivity index (χ1) is 20.0. The lowest BCUT2D eigenvalue weighted by Crippen LogP contribution is -2.46. The maximum Gasteiger partial charge on any atom is 0.418 e. The number of hydrogen-bond acceptors (Lipinski definition) is 7. The average molecular weight is 652 g/mol. The lowest BCUT2D eigenvalue weighted by Gasteiger charge is -2.37. The Kier molecular flexibility index (Phi) is 9.83. The zero-order valence-electron chi connectivity index (χ0n) is 25.7. The van der Waals surface area contributed by atoms with Gasteiger partial charge in [0.05, 0.1) is 27.6 Å². The van der Waals surface area contributed by atoms with Gasteiger partial charge in [-0.3, -0.25) is 9.98 Å². The number of halogens is 3. The van der Waals surface area contributed by atoms with E-state index in [0.717, 1.165) is 6.04 Å². The molecule has 1 N–H and O–H groups in total. The fourth-order valence-corrected chi connectivity index (χ4v) is 7.35. The van der Waals surface area contributed by atoms with Crippen molar-refractivity contribution < 1.29 is 28.2 Å². The Morgan fingerprint density at radius 3 is 2.60 bits per heavy atom. The molecule has 1 amide bonds. The van der Waals surface area contributed by atoms with Crippen LogP contribution < -0.4 is 0 Å². The van der Waals surface area contributed by atoms with E-state index in [4.69, 9.17) is 26.1 Å². The second-order valence-electron chi connectivity index (χ2n) is 13.5. The first-order valence-corrected chi connectivity index (χ1v) is 19.1. The number of carbonyl (C=O) groups excluding carboxylic acids is 1. The first kappa shape index (κ1) is 33.6. The number of carbonyl (C=O) groups is 1. The topological polar surface area (TPSA) is 84.2 Å². The summed E-state index contributed by atoms with van der Waals surface area (Å²) in [7, 11) is -1.38. The molecule has 0 bridgehead atoms. The van der Waals surface area contributed by atoms with Gasteiger partial charge in [-0.2, -0.15) is 0 Å². The van der Waals surface area contributed by atoms with E-state index in [0.29, 0.717) is 23.6 Å². The Labute approximate surface area is 262 Å². The van der Waals surface area contributed by atoms with E-state index in [2.05, 4.69) is 24.6 Å². The second kappa shape index (κ2) is 12.6. The number of aliphatic hydroxyl groups is 1. The summed E-state index contributed by atoms with van der Waals surface area (Å²) < 4.78 is 41.6. The third-order valence-corrected chi connectivity index (χ3v) is 10.9. The smallest absolute Gasteiger partial charge is 0.418 e. The van der Waals surface area contributed by atoms with Crippen LogP contribution in [0, 0.1) is 11.7 Å². The molecule has 7 nitrogen and oxygen atoms in total. The van der Waals surface area contributed by atoms with Gasteiger partial charge < -0.3 is 14.6 Å². The number of nitrogens with zero attached hydrogens (tertiary/aromatic N) is 3. The zero-order valence-corrected chi connectivity index (χ0v) is 28.3. The minimum absolute atomic E-state index is 0.0967. The van der Waals surface area contributed by atoms with Crippen LogP contribution in [0.5, 0.6) is 0 Å². The molecule has 1 aliphatic heterocycles. The Morgan fingerprint density at radius 2 is 2.00 bits per heavy atom. The summed E-state index contributed by atoms with van der Waals surface area (Å²) in [5.41, 5.74) is -1.19. The summed E-state index contributed by atoms with van der Waals surface area (Å²) in [5.74, 6) is -1.34. The summed E-state index contributed by atoms with van der Waals surface area (Å²) >= 11 is 7.17. The van der Waals surface area contributed by atoms with Crippen LogP contribution in [0.4, 0.5) is 13.6 Å². The normalized spacial score (nSPS) is 23.8. The molecule has 3 atom stereocenters. The fraction of sp³-hybridized carbons (Fsp3) is 0.516. The molecule has 12 heteroatoms. The van der Waals surface area contributed by atoms with Crippen LogP contribution in [0.2, 0.25) is 30.7 Å². The highest BCUT2D eigenvalue weighted by atomic mass is 35.5. The number of fused-ring (bicyclic) bond motifs is 1. The van der Waals surface area contributed by atoms with Crippen LogP contribution in [0.15, 0.2) is 41.5 Å². The number of hydrogen-bond donors (Lipinski definition) is 1. The van der Waals surface area contributed by atoms with Crippen LogP contribution in [-0.4, -0.2) is 64.6 Å². The Bertz CT molecular complexity index is 1410. The maximum atomic E-state index is 15.6. The number of thioether (sulfide) groups is 1. The van der Waals surface area contributed by atoms with Gasteiger partial charge in [-0.1, -0.05) is 49.1 Å². The standard InChI is InChI=1S/C31H40ClF2N3O4SSi/c1-29(2,3)41-28(39)37(19-40-12-13-43(5,6)7)27-36-30(4,26-16-31(26,18-38)42-27)22-14-20(8-10-23(22)33)15-24(34)25-11-9-21(32)17-35-25/h8-11,14-15,17,26,38H,12-13,16,18-19H2,1-7H3/b24-15-/t26-,30+,31+/m0/s1. The molecule has 4 rings (SSSR count). The van der Waals surface area contributed by atoms with Crippen molar-refractivity contribution >= 4 is 54.6 Å². The molecule has 0 spiro atoms. The lowest BCUT2D eigenvalue weighted by molar-refractivity contribution is 0.0110. The van der Waals surface area contributed by atoms with Crippen molar-refractivity contribution in [1.82, 2.24) is 9.88 Å². The van der Waals surface area contributed by atoms with E-state index in [9.17, 15) is 9.90 Å². The van der Waals surface area contributed by atoms with E-state index < -0.39 is 41.7 Å². The minimum atomic E-state index is -1.38. The number of pyridine rings is 1. The molecule has 2 heterocycles. The number of aliphatic imine (C=N–C) groups is 1. The summed E-state index contributed by atoms with van der Waals surface area (Å²) in [6.07, 6.45) is 2.54. The third-order valence-electron chi connectivity index (χ3n) is 7.46. The van der Waals surface area contributed by atoms with Gasteiger partial charge in [-0.25, -0.2) is 18.5 Å². The van der Waals surface area contributed by atoms with E-state index in [1.54, 1.807) is 33.8 Å². The van der Waals surface area contributed by atoms with Crippen molar-refractivity contribution in [3.8, 4) is 0 Å². The van der Waals surface area contributed by atoms with Gasteiger partial charge in [0.25, 0.3) is 0 Å². The van der Waals surface area contributed by atoms with E-state index >= 15 is 8.78 Å². The predicted octanol–water partition coefficient (Wildman–Crippen LogP) is 7.96. The van der Waals surface area contributed by atoms with Gasteiger partial charge in [0.1, 0.15) is 24.0 Å². The fourth-order valence-electron chi connectivity index (χ4n) is 4.96. The largest absolute Gasteiger partial charge is 0.443 e. The number of aromatic nitrogens is 1. The van der Waals surface area contributed by atoms with E-state index in [-0.39, 0.29) is 35.7 Å². The van der Waals surface area contributed by atoms with Gasteiger partial charge in [-0.15, -0.1) is 0 Å². The van der Waals surface area contributed by atoms with Gasteiger partial charge >= 0.3 is 6.09 Å². The molecule has 43 heavy (non-hydrogen) atoms. The summed E-state index contributed by atoms with van der Waals surface area (Å²) in [6, 6.07) is 8.22. The van der Waals surface area contributed by atoms with Crippen LogP contribution in [-0.2, 0) is 15.0 Å². The van der Waals surface area contributed by atoms with Crippen LogP contribution >= 0.6 is 23.4 Å². The Morgan fingerprint density at radius 1 is 1.28 bits per heavy atom. The summed E-state index contributed by atoms with van der Waals surface area (Å²) in [6.45, 7) is 14.0. The van der Waals surface area contributed by atoms with Crippen molar-refractivity contribution in [2.45, 2.75) is 75.7 Å². The van der Waals surface area contributed by atoms with Crippen LogP contribution in [0.25, 0.3) is 11.9 Å². The lowest BCUT2D eigenvalue weighted by atomic mass is 9.85. The molecule has 2 aromatic rings. The van der Waals surface area contributed by atoms with Gasteiger partial charge in [0.2, 0.25) is 0 Å². The van der Waals surface area contributed by atoms with E-state index in [1.165, 1.54) is 53.2 Å². The molecule has 2 aliphatic rings. The number of benzene rings is 1. The number of aliphatic hydroxyl groups excluding tert-OH is 1. The maximum absolute atomic E-state index is 15.6. The highest BCUT2D eigenvalue weighted by Gasteiger charge is 2.67. The van der Waals surface area contributed by atoms with Gasteiger partial charge in [0, 0.05) is 32.4 Å². The number of rotatable bonds is 9. The molecular formula is C31H40ClF2N3O4SSi. The minimum Gasteiger partial charge on any atom is -0.443 e. The van der Waals surface area contributed by atoms with Crippen molar-refractivity contribution in [3.05, 3.63) is 64.2 Å². The Hall–Kier alpha value is -2.31. The van der Waals surface area contributed by atoms with Crippen molar-refractivity contribution in [2.75, 3.05) is 19.9 Å². The number of ether oxygens (including phenoxy) is 2. The molecule has 1 fully saturated rings. The molecule has 0 radical (unpaired) electrons. The molecular weight excluding hydrogens is 612 g/mol. The quantitative estimate of drug-likeness (QED) is 0.168. The van der Waals surface area contributed by atoms with E-state index in [1.807, 2.05) is 0 Å². The summed E-state index contributed by atoms with van der Waals surface area (Å²) in [5, 5.41) is 11.1. The van der Waals surface area contributed by atoms with Gasteiger partial charge in [0.15, 0.2) is 5.17 Å². The average Bonchev–Trinajstić information content (AvgIpc) is 3.65. The molecule has 0 saturated heterocycles. The van der Waals surface area contributed by atoms with Crippen molar-refractivity contribution in [2.24, 2.45) is 10.9 Å². The van der Waals surface area contributed by atoms with Gasteiger partial charge in [-0.05, 0) is 76.1 Å². The Balaban J connectivity index is 1.73. The zero-order chi connectivity index (χ0) is 31.8.